The molecule has 4 atom stereocenters. The van der Waals surface area contributed by atoms with Gasteiger partial charge in [0.05, 0.1) is 6.42 Å². The van der Waals surface area contributed by atoms with E-state index >= 15 is 0 Å². The van der Waals surface area contributed by atoms with E-state index in [-0.39, 0.29) is 18.6 Å². The van der Waals surface area contributed by atoms with Crippen LogP contribution in [0.1, 0.15) is 46.0 Å². The lowest BCUT2D eigenvalue weighted by Crippen LogP contribution is -2.30. The van der Waals surface area contributed by atoms with Crippen LogP contribution in [0.5, 0.6) is 5.75 Å². The van der Waals surface area contributed by atoms with Crippen molar-refractivity contribution in [1.29, 1.82) is 0 Å². The second kappa shape index (κ2) is 12.6. The van der Waals surface area contributed by atoms with E-state index in [0.29, 0.717) is 29.7 Å². The molecule has 0 unspecified atom stereocenters. The molecule has 0 radical (unpaired) electrons. The Morgan fingerprint density at radius 2 is 2.11 bits per heavy atom. The molecule has 158 valence electrons. The third-order valence-corrected chi connectivity index (χ3v) is 4.65. The minimum absolute atomic E-state index is 0.0913. The fraction of sp³-hybridized carbons (Fsp3) is 0.600. The Hall–Kier alpha value is -1.83. The van der Waals surface area contributed by atoms with Crippen molar-refractivity contribution >= 4 is 23.5 Å². The molecule has 1 aromatic carbocycles. The van der Waals surface area contributed by atoms with Gasteiger partial charge in [-0.05, 0) is 30.5 Å². The molecule has 0 saturated carbocycles. The fourth-order valence-electron chi connectivity index (χ4n) is 3.15. The Labute approximate surface area is 171 Å². The summed E-state index contributed by atoms with van der Waals surface area (Å²) >= 11 is 5.82. The average Bonchev–Trinajstić information content (AvgIpc) is 3.03. The zero-order valence-electron chi connectivity index (χ0n) is 16.4. The third-order valence-electron chi connectivity index (χ3n) is 4.41. The number of hydrogen-bond donors (Lipinski definition) is 4. The largest absolute Gasteiger partial charge is 0.489 e. The van der Waals surface area contributed by atoms with E-state index < -0.39 is 18.0 Å². The van der Waals surface area contributed by atoms with Crippen molar-refractivity contribution in [2.24, 2.45) is 11.7 Å². The van der Waals surface area contributed by atoms with Gasteiger partial charge in [-0.1, -0.05) is 44.4 Å². The van der Waals surface area contributed by atoms with E-state index in [1.807, 2.05) is 0 Å². The van der Waals surface area contributed by atoms with Crippen LogP contribution in [0, 0.1) is 5.92 Å². The van der Waals surface area contributed by atoms with E-state index in [9.17, 15) is 9.59 Å². The minimum Gasteiger partial charge on any atom is -0.489 e. The zero-order chi connectivity index (χ0) is 21.1. The maximum Gasteiger partial charge on any atom is 0.320 e. The first-order valence-corrected chi connectivity index (χ1v) is 9.94. The van der Waals surface area contributed by atoms with Crippen LogP contribution in [0.3, 0.4) is 0 Å². The number of aliphatic carboxylic acids is 2. The van der Waals surface area contributed by atoms with E-state index in [1.165, 1.54) is 0 Å². The van der Waals surface area contributed by atoms with E-state index in [4.69, 9.17) is 32.3 Å². The van der Waals surface area contributed by atoms with Crippen LogP contribution in [-0.2, 0) is 9.59 Å². The number of carboxylic acids is 2. The summed E-state index contributed by atoms with van der Waals surface area (Å²) in [5, 5.41) is 20.7. The molecule has 0 spiro atoms. The highest BCUT2D eigenvalue weighted by Gasteiger charge is 2.30. The Morgan fingerprint density at radius 1 is 1.39 bits per heavy atom. The number of ether oxygens (including phenoxy) is 1. The van der Waals surface area contributed by atoms with Gasteiger partial charge < -0.3 is 26.0 Å². The Balaban J connectivity index is 0.000000295. The van der Waals surface area contributed by atoms with Gasteiger partial charge in [-0.25, -0.2) is 0 Å². The molecule has 1 aliphatic rings. The first-order valence-electron chi connectivity index (χ1n) is 9.57. The van der Waals surface area contributed by atoms with Crippen LogP contribution in [0.2, 0.25) is 5.02 Å². The minimum atomic E-state index is -0.836. The summed E-state index contributed by atoms with van der Waals surface area (Å²) in [7, 11) is 0. The number of hydrogen-bond acceptors (Lipinski definition) is 5. The standard InChI is InChI=1S/C11H12ClNO3.C9H19NO2/c12-7-2-1-3-8(4-7)16-9-5-10(11(14)15)13-6-9;1-3-4-7(2)5-8(10)6-9(11)12/h1-4,9-10,13H,5-6H2,(H,14,15);7-8H,3-6,10H2,1-2H3,(H,11,12)/t9-,10-;7-,8+/m01/s1. The first kappa shape index (κ1) is 24.2. The van der Waals surface area contributed by atoms with Crippen molar-refractivity contribution in [2.75, 3.05) is 6.54 Å². The number of nitrogens with one attached hydrogen (secondary N) is 1. The van der Waals surface area contributed by atoms with Gasteiger partial charge in [0.15, 0.2) is 0 Å². The zero-order valence-corrected chi connectivity index (χ0v) is 17.2. The first-order chi connectivity index (χ1) is 13.2. The van der Waals surface area contributed by atoms with Crippen molar-refractivity contribution in [2.45, 2.75) is 64.1 Å². The summed E-state index contributed by atoms with van der Waals surface area (Å²) in [6, 6.07) is 6.40. The fourth-order valence-corrected chi connectivity index (χ4v) is 3.33. The van der Waals surface area contributed by atoms with Gasteiger partial charge in [0, 0.05) is 24.0 Å². The molecule has 8 heteroatoms. The van der Waals surface area contributed by atoms with Gasteiger partial charge in [-0.3, -0.25) is 9.59 Å². The summed E-state index contributed by atoms with van der Waals surface area (Å²) in [4.78, 5) is 21.0. The van der Waals surface area contributed by atoms with Gasteiger partial charge in [-0.2, -0.15) is 0 Å². The van der Waals surface area contributed by atoms with Crippen LogP contribution in [0.4, 0.5) is 0 Å². The molecule has 2 rings (SSSR count). The molecule has 5 N–H and O–H groups in total. The van der Waals surface area contributed by atoms with E-state index in [0.717, 1.165) is 19.3 Å². The maximum absolute atomic E-state index is 10.7. The van der Waals surface area contributed by atoms with Gasteiger partial charge in [0.2, 0.25) is 0 Å². The quantitative estimate of drug-likeness (QED) is 0.489. The smallest absolute Gasteiger partial charge is 0.320 e. The second-order valence-corrected chi connectivity index (χ2v) is 7.66. The lowest BCUT2D eigenvalue weighted by Gasteiger charge is -2.14. The normalized spacial score (nSPS) is 20.6. The van der Waals surface area contributed by atoms with Gasteiger partial charge in [-0.15, -0.1) is 0 Å². The molecular formula is C20H31ClN2O5. The number of rotatable bonds is 9. The second-order valence-electron chi connectivity index (χ2n) is 7.22. The van der Waals surface area contributed by atoms with Crippen LogP contribution in [-0.4, -0.2) is 46.9 Å². The van der Waals surface area contributed by atoms with Crippen molar-refractivity contribution in [3.05, 3.63) is 29.3 Å². The molecule has 28 heavy (non-hydrogen) atoms. The molecule has 0 bridgehead atoms. The van der Waals surface area contributed by atoms with Crippen molar-refractivity contribution in [1.82, 2.24) is 5.32 Å². The molecule has 0 aliphatic carbocycles. The molecular weight excluding hydrogens is 384 g/mol. The van der Waals surface area contributed by atoms with Gasteiger partial charge >= 0.3 is 11.9 Å². The number of halogens is 1. The Morgan fingerprint density at radius 3 is 2.64 bits per heavy atom. The van der Waals surface area contributed by atoms with Crippen molar-refractivity contribution in [3.63, 3.8) is 0 Å². The summed E-state index contributed by atoms with van der Waals surface area (Å²) < 4.78 is 5.63. The molecule has 1 fully saturated rings. The molecule has 0 aromatic heterocycles. The molecule has 1 aliphatic heterocycles. The average molecular weight is 415 g/mol. The Bertz CT molecular complexity index is 628. The predicted molar refractivity (Wildman–Crippen MR) is 109 cm³/mol. The van der Waals surface area contributed by atoms with Gasteiger partial charge in [0.1, 0.15) is 17.9 Å². The molecule has 1 aromatic rings. The maximum atomic E-state index is 10.7. The van der Waals surface area contributed by atoms with Gasteiger partial charge in [0.25, 0.3) is 0 Å². The predicted octanol–water partition coefficient (Wildman–Crippen LogP) is 3.15. The summed E-state index contributed by atoms with van der Waals surface area (Å²) in [5.74, 6) is -0.418. The van der Waals surface area contributed by atoms with E-state index in [2.05, 4.69) is 19.2 Å². The molecule has 1 saturated heterocycles. The number of carboxylic acid groups (broad SMARTS) is 2. The van der Waals surface area contributed by atoms with E-state index in [1.54, 1.807) is 24.3 Å². The SMILES string of the molecule is CCC[C@@H](C)C[C@H](N)CC(=O)O.O=C(O)[C@@H]1C[C@H](Oc2cccc(Cl)c2)CN1. The highest BCUT2D eigenvalue weighted by molar-refractivity contribution is 6.30. The van der Waals surface area contributed by atoms with Crippen LogP contribution in [0.25, 0.3) is 0 Å². The summed E-state index contributed by atoms with van der Waals surface area (Å²) in [6.07, 6.45) is 3.55. The lowest BCUT2D eigenvalue weighted by atomic mass is 9.96. The van der Waals surface area contributed by atoms with Crippen LogP contribution >= 0.6 is 11.6 Å². The highest BCUT2D eigenvalue weighted by Crippen LogP contribution is 2.21. The summed E-state index contributed by atoms with van der Waals surface area (Å²) in [5.41, 5.74) is 5.62. The van der Waals surface area contributed by atoms with Crippen LogP contribution in [0.15, 0.2) is 24.3 Å². The van der Waals surface area contributed by atoms with Crippen molar-refractivity contribution < 1.29 is 24.5 Å². The summed E-state index contributed by atoms with van der Waals surface area (Å²) in [6.45, 7) is 4.79. The highest BCUT2D eigenvalue weighted by atomic mass is 35.5. The lowest BCUT2D eigenvalue weighted by molar-refractivity contribution is -0.139. The molecule has 1 heterocycles. The number of nitrogens with two attached hydrogens (primary N) is 1. The number of carbonyl (C=O) groups is 2. The monoisotopic (exact) mass is 414 g/mol. The molecule has 0 amide bonds. The van der Waals surface area contributed by atoms with Crippen molar-refractivity contribution in [3.8, 4) is 5.75 Å². The molecule has 7 nitrogen and oxygen atoms in total. The van der Waals surface area contributed by atoms with Crippen LogP contribution < -0.4 is 15.8 Å². The Kier molecular flexibility index (Phi) is 10.9. The number of benzene rings is 1. The third kappa shape index (κ3) is 9.92. The topological polar surface area (TPSA) is 122 Å².